The zero-order chi connectivity index (χ0) is 60.4. The standard InChI is InChI=1S/C55H70N12O15/c1-13-33-43(79-29(4)59-33)48(72)64-51-61-36-24-31(45(56)69)26-38(76-12)41(36)66(51)20-15-16-21-67-42-37(62-52(67)65-49(73)44-34(14-2)60-30(5)80-44)25-32(46(57)70)27-39(42)77-22-17-23-78-50(74)28(3)58-47(71)35(63-53(75)82-55(9,10)11)18-19-40(68)81-54(6,7)8/h15-16,24-28,35H,13-14,17-23H2,1-12H3,(H2,56,69)(H2,57,70)(H,58,71)(H,63,75)(H,61,64,72)(H,62,65,73)/b16-15+/t28-,35+/m0/s1. The molecule has 0 unspecified atom stereocenters. The Hall–Kier alpha value is -9.30. The molecule has 82 heavy (non-hydrogen) atoms. The number of imidazole rings is 2. The van der Waals surface area contributed by atoms with E-state index in [0.29, 0.717) is 41.2 Å². The summed E-state index contributed by atoms with van der Waals surface area (Å²) in [6, 6.07) is 3.26. The van der Waals surface area contributed by atoms with E-state index in [1.165, 1.54) is 38.3 Å². The molecule has 8 N–H and O–H groups in total. The Balaban J connectivity index is 1.25. The van der Waals surface area contributed by atoms with E-state index in [4.69, 9.17) is 49.0 Å². The van der Waals surface area contributed by atoms with Crippen LogP contribution in [-0.4, -0.2) is 120 Å². The molecule has 4 heterocycles. The second kappa shape index (κ2) is 26.3. The van der Waals surface area contributed by atoms with E-state index in [0.717, 1.165) is 0 Å². The van der Waals surface area contributed by atoms with Crippen LogP contribution < -0.4 is 42.2 Å². The summed E-state index contributed by atoms with van der Waals surface area (Å²) < 4.78 is 42.7. The maximum atomic E-state index is 13.9. The number of primary amides is 2. The van der Waals surface area contributed by atoms with Crippen molar-refractivity contribution in [2.75, 3.05) is 31.0 Å². The number of hydrogen-bond donors (Lipinski definition) is 6. The normalized spacial score (nSPS) is 12.4. The van der Waals surface area contributed by atoms with Crippen molar-refractivity contribution in [1.82, 2.24) is 39.7 Å². The molecule has 0 spiro atoms. The van der Waals surface area contributed by atoms with Crippen molar-refractivity contribution >= 4 is 81.5 Å². The number of alkyl carbamates (subject to hydrolysis) is 1. The van der Waals surface area contributed by atoms with E-state index >= 15 is 0 Å². The van der Waals surface area contributed by atoms with E-state index in [1.54, 1.807) is 76.7 Å². The van der Waals surface area contributed by atoms with Crippen molar-refractivity contribution < 1.29 is 70.9 Å². The van der Waals surface area contributed by atoms with E-state index in [9.17, 15) is 38.4 Å². The predicted molar refractivity (Wildman–Crippen MR) is 296 cm³/mol. The lowest BCUT2D eigenvalue weighted by atomic mass is 10.1. The van der Waals surface area contributed by atoms with E-state index in [1.807, 2.05) is 13.8 Å². The molecule has 0 aliphatic heterocycles. The van der Waals surface area contributed by atoms with Crippen molar-refractivity contribution in [3.63, 3.8) is 0 Å². The number of allylic oxidation sites excluding steroid dienone is 2. The molecule has 0 saturated heterocycles. The van der Waals surface area contributed by atoms with Crippen LogP contribution in [0.4, 0.5) is 16.7 Å². The Labute approximate surface area is 471 Å². The van der Waals surface area contributed by atoms with Crippen molar-refractivity contribution in [3.05, 3.63) is 82.2 Å². The minimum Gasteiger partial charge on any atom is -0.494 e. The van der Waals surface area contributed by atoms with Gasteiger partial charge in [0.25, 0.3) is 11.8 Å². The van der Waals surface area contributed by atoms with Crippen molar-refractivity contribution in [2.24, 2.45) is 11.5 Å². The number of hydrogen-bond acceptors (Lipinski definition) is 19. The van der Waals surface area contributed by atoms with E-state index in [-0.39, 0.29) is 109 Å². The maximum Gasteiger partial charge on any atom is 0.408 e. The second-order valence-electron chi connectivity index (χ2n) is 20.7. The number of nitrogens with zero attached hydrogens (tertiary/aromatic N) is 6. The second-order valence-corrected chi connectivity index (χ2v) is 20.7. The van der Waals surface area contributed by atoms with Crippen LogP contribution in [-0.2, 0) is 54.5 Å². The van der Waals surface area contributed by atoms with Crippen LogP contribution in [0.5, 0.6) is 11.5 Å². The highest BCUT2D eigenvalue weighted by molar-refractivity contribution is 6.05. The number of ether oxygens (including phenoxy) is 5. The maximum absolute atomic E-state index is 13.9. The van der Waals surface area contributed by atoms with Gasteiger partial charge in [-0.15, -0.1) is 0 Å². The molecule has 0 aliphatic rings. The van der Waals surface area contributed by atoms with Gasteiger partial charge in [-0.3, -0.25) is 39.4 Å². The van der Waals surface area contributed by atoms with Gasteiger partial charge in [0.1, 0.15) is 45.8 Å². The lowest BCUT2D eigenvalue weighted by molar-refractivity contribution is -0.155. The third-order valence-electron chi connectivity index (χ3n) is 11.9. The molecule has 27 heteroatoms. The molecule has 6 aromatic rings. The van der Waals surface area contributed by atoms with Crippen LogP contribution in [0.15, 0.2) is 45.3 Å². The Morgan fingerprint density at radius 2 is 1.17 bits per heavy atom. The van der Waals surface area contributed by atoms with Crippen molar-refractivity contribution in [2.45, 2.75) is 145 Å². The first-order chi connectivity index (χ1) is 38.6. The third kappa shape index (κ3) is 16.0. The smallest absolute Gasteiger partial charge is 0.408 e. The molecule has 0 aliphatic carbocycles. The van der Waals surface area contributed by atoms with Crippen LogP contribution >= 0.6 is 0 Å². The number of nitrogens with one attached hydrogen (secondary N) is 4. The molecule has 440 valence electrons. The zero-order valence-corrected chi connectivity index (χ0v) is 47.9. The number of carbonyl (C=O) groups excluding carboxylic acids is 8. The topological polar surface area (TPSA) is 371 Å². The molecule has 0 saturated carbocycles. The van der Waals surface area contributed by atoms with Crippen LogP contribution in [0.3, 0.4) is 0 Å². The van der Waals surface area contributed by atoms with E-state index < -0.39 is 70.9 Å². The molecule has 2 aromatic carbocycles. The summed E-state index contributed by atoms with van der Waals surface area (Å²) >= 11 is 0. The summed E-state index contributed by atoms with van der Waals surface area (Å²) in [7, 11) is 1.41. The predicted octanol–water partition coefficient (Wildman–Crippen LogP) is 5.90. The number of esters is 2. The Morgan fingerprint density at radius 1 is 0.683 bits per heavy atom. The average molecular weight is 1140 g/mol. The van der Waals surface area contributed by atoms with Crippen LogP contribution in [0, 0.1) is 13.8 Å². The van der Waals surface area contributed by atoms with Gasteiger partial charge in [0, 0.05) is 50.9 Å². The first kappa shape index (κ1) is 61.9. The van der Waals surface area contributed by atoms with Gasteiger partial charge in [0.2, 0.25) is 41.1 Å². The lowest BCUT2D eigenvalue weighted by Crippen LogP contribution is -2.52. The number of rotatable bonds is 25. The molecule has 27 nitrogen and oxygen atoms in total. The summed E-state index contributed by atoms with van der Waals surface area (Å²) in [6.07, 6.45) is 3.04. The summed E-state index contributed by atoms with van der Waals surface area (Å²) in [5.41, 5.74) is 11.9. The SMILES string of the molecule is CCc1nc(C)oc1C(=O)Nc1nc2cc(C(N)=O)cc(OC)c2n1C/C=C/Cn1c(NC(=O)c2oc(C)nc2CC)nc2cc(C(N)=O)cc(OCCCOC(=O)[C@H](C)NC(=O)[C@@H](CCC(=O)OC(C)(C)C)NC(=O)OC(C)(C)C)c21. The summed E-state index contributed by atoms with van der Waals surface area (Å²) in [4.78, 5) is 122. The molecule has 6 rings (SSSR count). The number of anilines is 2. The van der Waals surface area contributed by atoms with Gasteiger partial charge in [-0.05, 0) is 92.0 Å². The van der Waals surface area contributed by atoms with Crippen LogP contribution in [0.1, 0.15) is 147 Å². The highest BCUT2D eigenvalue weighted by Crippen LogP contribution is 2.34. The van der Waals surface area contributed by atoms with Gasteiger partial charge < -0.3 is 63.8 Å². The largest absolute Gasteiger partial charge is 0.494 e. The number of aromatic nitrogens is 6. The highest BCUT2D eigenvalue weighted by atomic mass is 16.6. The molecule has 0 radical (unpaired) electrons. The number of nitrogens with two attached hydrogens (primary N) is 2. The summed E-state index contributed by atoms with van der Waals surface area (Å²) in [5, 5.41) is 10.6. The van der Waals surface area contributed by atoms with Crippen molar-refractivity contribution in [3.8, 4) is 11.5 Å². The van der Waals surface area contributed by atoms with Gasteiger partial charge in [0.05, 0.1) is 42.7 Å². The number of oxazole rings is 2. The molecular weight excluding hydrogens is 1070 g/mol. The molecular formula is C55H70N12O15. The molecule has 0 fully saturated rings. The Kier molecular flexibility index (Phi) is 19.9. The summed E-state index contributed by atoms with van der Waals surface area (Å²) in [6.45, 7) is 18.0. The highest BCUT2D eigenvalue weighted by Gasteiger charge is 2.30. The monoisotopic (exact) mass is 1140 g/mol. The number of benzene rings is 2. The van der Waals surface area contributed by atoms with E-state index in [2.05, 4.69) is 36.2 Å². The van der Waals surface area contributed by atoms with Gasteiger partial charge in [0.15, 0.2) is 11.8 Å². The Morgan fingerprint density at radius 3 is 1.63 bits per heavy atom. The first-order valence-electron chi connectivity index (χ1n) is 26.3. The number of carbonyl (C=O) groups is 8. The minimum atomic E-state index is -1.28. The molecule has 6 amide bonds. The van der Waals surface area contributed by atoms with Gasteiger partial charge >= 0.3 is 18.0 Å². The van der Waals surface area contributed by atoms with Gasteiger partial charge in [-0.2, -0.15) is 0 Å². The lowest BCUT2D eigenvalue weighted by Gasteiger charge is -2.25. The average Bonchev–Trinajstić information content (AvgIpc) is 4.37. The van der Waals surface area contributed by atoms with Crippen molar-refractivity contribution in [1.29, 1.82) is 0 Å². The fraction of sp³-hybridized carbons (Fsp3) is 0.455. The van der Waals surface area contributed by atoms with Gasteiger partial charge in [-0.25, -0.2) is 29.5 Å². The fourth-order valence-electron chi connectivity index (χ4n) is 8.29. The quantitative estimate of drug-likeness (QED) is 0.0168. The Bertz CT molecular complexity index is 3430. The minimum absolute atomic E-state index is 0.00123. The number of methoxy groups -OCH3 is 1. The van der Waals surface area contributed by atoms with Gasteiger partial charge in [-0.1, -0.05) is 26.0 Å². The number of aryl methyl sites for hydroxylation is 4. The molecule has 4 aromatic heterocycles. The molecule has 2 atom stereocenters. The fourth-order valence-corrected chi connectivity index (χ4v) is 8.29. The number of fused-ring (bicyclic) bond motifs is 2. The number of amides is 6. The van der Waals surface area contributed by atoms with Crippen LogP contribution in [0.2, 0.25) is 0 Å². The molecule has 0 bridgehead atoms. The van der Waals surface area contributed by atoms with Crippen LogP contribution in [0.25, 0.3) is 22.1 Å². The zero-order valence-electron chi connectivity index (χ0n) is 47.9. The third-order valence-corrected chi connectivity index (χ3v) is 11.9. The summed E-state index contributed by atoms with van der Waals surface area (Å²) in [5.74, 6) is -4.12. The first-order valence-corrected chi connectivity index (χ1v) is 26.3.